The topological polar surface area (TPSA) is 121 Å². The summed E-state index contributed by atoms with van der Waals surface area (Å²) in [4.78, 5) is 34.7. The Labute approximate surface area is 330 Å². The molecule has 7 bridgehead atoms. The maximum absolute atomic E-state index is 17.4. The van der Waals surface area contributed by atoms with Gasteiger partial charge in [0.15, 0.2) is 12.6 Å². The quantitative estimate of drug-likeness (QED) is 0.211. The molecule has 0 aliphatic carbocycles. The lowest BCUT2D eigenvalue weighted by atomic mass is 9.94. The minimum absolute atomic E-state index is 0.00810. The van der Waals surface area contributed by atoms with E-state index in [1.165, 1.54) is 13.2 Å². The predicted molar refractivity (Wildman–Crippen MR) is 208 cm³/mol. The first-order valence-corrected chi connectivity index (χ1v) is 20.0. The second-order valence-electron chi connectivity index (χ2n) is 17.2. The van der Waals surface area contributed by atoms with E-state index in [-0.39, 0.29) is 65.3 Å². The Morgan fingerprint density at radius 1 is 1.05 bits per heavy atom. The zero-order chi connectivity index (χ0) is 39.5. The monoisotopic (exact) mass is 788 g/mol. The van der Waals surface area contributed by atoms with Gasteiger partial charge in [-0.1, -0.05) is 12.1 Å². The summed E-state index contributed by atoms with van der Waals surface area (Å²) in [5, 5.41) is 1.09. The lowest BCUT2D eigenvalue weighted by Gasteiger charge is -2.49. The third-order valence-corrected chi connectivity index (χ3v) is 12.2. The van der Waals surface area contributed by atoms with Crippen LogP contribution < -0.4 is 14.4 Å². The van der Waals surface area contributed by atoms with Crippen molar-refractivity contribution in [2.45, 2.75) is 88.1 Å². The first-order valence-electron chi connectivity index (χ1n) is 20.0. The van der Waals surface area contributed by atoms with Crippen molar-refractivity contribution >= 4 is 33.6 Å². The third-order valence-electron chi connectivity index (χ3n) is 12.2. The molecule has 304 valence electrons. The lowest BCUT2D eigenvalue weighted by Crippen LogP contribution is -2.66. The smallest absolute Gasteiger partial charge is 0.411 e. The van der Waals surface area contributed by atoms with E-state index in [1.807, 2.05) is 25.7 Å². The van der Waals surface area contributed by atoms with Crippen LogP contribution in [0.3, 0.4) is 0 Å². The number of anilines is 1. The fourth-order valence-electron chi connectivity index (χ4n) is 9.79. The number of nitrogens with zero attached hydrogens (tertiary/aromatic N) is 6. The van der Waals surface area contributed by atoms with Gasteiger partial charge in [-0.3, -0.25) is 14.8 Å². The van der Waals surface area contributed by atoms with Gasteiger partial charge in [-0.05, 0) is 89.4 Å². The lowest BCUT2D eigenvalue weighted by molar-refractivity contribution is -0.0373. The van der Waals surface area contributed by atoms with E-state index in [2.05, 4.69) is 14.8 Å². The molecule has 0 radical (unpaired) electrons. The van der Waals surface area contributed by atoms with Crippen LogP contribution in [0.1, 0.15) is 59.3 Å². The summed E-state index contributed by atoms with van der Waals surface area (Å²) in [5.41, 5.74) is -1.58. The van der Waals surface area contributed by atoms with Crippen molar-refractivity contribution in [1.29, 1.82) is 0 Å². The highest BCUT2D eigenvalue weighted by Crippen LogP contribution is 2.45. The summed E-state index contributed by atoms with van der Waals surface area (Å²) in [7, 11) is 1.50. The Kier molecular flexibility index (Phi) is 9.85. The van der Waals surface area contributed by atoms with Crippen molar-refractivity contribution in [2.24, 2.45) is 0 Å². The zero-order valence-corrected chi connectivity index (χ0v) is 33.0. The van der Waals surface area contributed by atoms with E-state index >= 15 is 8.78 Å². The van der Waals surface area contributed by atoms with Gasteiger partial charge in [0.25, 0.3) is 0 Å². The molecule has 2 aromatic heterocycles. The first kappa shape index (κ1) is 38.1. The third kappa shape index (κ3) is 6.99. The molecule has 0 N–H and O–H groups in total. The number of methoxy groups -OCH3 is 1. The Morgan fingerprint density at radius 3 is 2.77 bits per heavy atom. The molecule has 2 aromatic carbocycles. The Balaban J connectivity index is 1.18. The van der Waals surface area contributed by atoms with Gasteiger partial charge in [-0.25, -0.2) is 13.6 Å². The van der Waals surface area contributed by atoms with Crippen LogP contribution in [0.2, 0.25) is 0 Å². The van der Waals surface area contributed by atoms with Crippen LogP contribution in [0.4, 0.5) is 19.4 Å². The molecule has 57 heavy (non-hydrogen) atoms. The molecule has 7 heterocycles. The number of benzene rings is 2. The normalized spacial score (nSPS) is 26.7. The standard InChI is InChI=1S/C42H50F2N6O7/c1-40(2,3)57-39(51)50-27-10-12-42(50)22-48(20-27)37-31-19-45-35(30-17-28(56-25-52-4)16-26-8-5-9-32(43)33(26)30)34(44)36(31)46-38(47-37)55-24-41-11-6-13-49(41)21-29(18-41)54-15-7-14-53-23-42/h5,8-9,16-17,19,27,29H,6-7,10-15,18,20-25H2,1-4H3/t27-,29-,41-,42+/m1/s1. The molecule has 5 aliphatic rings. The zero-order valence-electron chi connectivity index (χ0n) is 33.0. The number of pyridine rings is 1. The molecule has 4 atom stereocenters. The van der Waals surface area contributed by atoms with E-state index in [9.17, 15) is 4.79 Å². The minimum Gasteiger partial charge on any atom is -0.468 e. The molecule has 5 aliphatic heterocycles. The maximum atomic E-state index is 17.4. The molecule has 4 fully saturated rings. The highest BCUT2D eigenvalue weighted by molar-refractivity contribution is 6.00. The Morgan fingerprint density at radius 2 is 1.93 bits per heavy atom. The number of ether oxygens (including phenoxy) is 6. The summed E-state index contributed by atoms with van der Waals surface area (Å²) >= 11 is 0. The van der Waals surface area contributed by atoms with Crippen LogP contribution in [0.25, 0.3) is 32.9 Å². The summed E-state index contributed by atoms with van der Waals surface area (Å²) < 4.78 is 69.1. The molecule has 0 unspecified atom stereocenters. The molecule has 4 saturated heterocycles. The molecule has 4 aromatic rings. The highest BCUT2D eigenvalue weighted by Gasteiger charge is 2.56. The first-order chi connectivity index (χ1) is 27.5. The number of rotatable bonds is 4. The van der Waals surface area contributed by atoms with Crippen molar-refractivity contribution < 1.29 is 42.0 Å². The van der Waals surface area contributed by atoms with E-state index in [1.54, 1.807) is 30.5 Å². The summed E-state index contributed by atoms with van der Waals surface area (Å²) in [6, 6.07) is 7.73. The number of carbonyl (C=O) groups excluding carboxylic acids is 1. The number of carbonyl (C=O) groups is 1. The fourth-order valence-corrected chi connectivity index (χ4v) is 9.79. The largest absolute Gasteiger partial charge is 0.468 e. The van der Waals surface area contributed by atoms with Gasteiger partial charge in [-0.2, -0.15) is 9.97 Å². The van der Waals surface area contributed by atoms with Crippen LogP contribution in [0.15, 0.2) is 36.5 Å². The number of fused-ring (bicyclic) bond motifs is 9. The van der Waals surface area contributed by atoms with Gasteiger partial charge < -0.3 is 33.3 Å². The number of aromatic nitrogens is 3. The van der Waals surface area contributed by atoms with E-state index < -0.39 is 22.8 Å². The van der Waals surface area contributed by atoms with Crippen LogP contribution in [0, 0.1) is 11.6 Å². The van der Waals surface area contributed by atoms with Crippen molar-refractivity contribution in [3.8, 4) is 23.0 Å². The number of piperazine rings is 1. The number of hydrogen-bond donors (Lipinski definition) is 0. The van der Waals surface area contributed by atoms with Crippen LogP contribution in [-0.4, -0.2) is 126 Å². The molecular formula is C42H50F2N6O7. The van der Waals surface area contributed by atoms with E-state index in [0.717, 1.165) is 45.2 Å². The molecular weight excluding hydrogens is 738 g/mol. The second-order valence-corrected chi connectivity index (χ2v) is 17.2. The number of amides is 1. The Bertz CT molecular complexity index is 2190. The summed E-state index contributed by atoms with van der Waals surface area (Å²) in [5.74, 6) is -0.459. The SMILES string of the molecule is COCOc1cc(-c2ncc3c4nc(nc3c2F)OC[C@]23CCCN2C[C@@H](C3)OCCCOC[C@]23CC[C@H](CN4C2)N3C(=O)OC(C)(C)C)c2c(F)cccc2c1. The fraction of sp³-hybridized carbons (Fsp3) is 0.571. The van der Waals surface area contributed by atoms with Gasteiger partial charge in [0.1, 0.15) is 40.8 Å². The van der Waals surface area contributed by atoms with Gasteiger partial charge in [0.2, 0.25) is 0 Å². The van der Waals surface area contributed by atoms with Crippen molar-refractivity contribution in [2.75, 3.05) is 71.4 Å². The van der Waals surface area contributed by atoms with E-state index in [4.69, 9.17) is 38.4 Å². The van der Waals surface area contributed by atoms with Gasteiger partial charge in [0.05, 0.1) is 35.2 Å². The molecule has 15 heteroatoms. The average molecular weight is 789 g/mol. The van der Waals surface area contributed by atoms with Gasteiger partial charge in [0, 0.05) is 57.1 Å². The van der Waals surface area contributed by atoms with E-state index in [0.29, 0.717) is 61.7 Å². The van der Waals surface area contributed by atoms with Crippen LogP contribution in [0.5, 0.6) is 11.8 Å². The average Bonchev–Trinajstić information content (AvgIpc) is 3.80. The molecule has 9 rings (SSSR count). The predicted octanol–water partition coefficient (Wildman–Crippen LogP) is 6.49. The molecule has 13 nitrogen and oxygen atoms in total. The minimum atomic E-state index is -0.747. The van der Waals surface area contributed by atoms with Gasteiger partial charge >= 0.3 is 12.1 Å². The van der Waals surface area contributed by atoms with Crippen molar-refractivity contribution in [1.82, 2.24) is 24.8 Å². The maximum Gasteiger partial charge on any atom is 0.411 e. The Hall–Kier alpha value is -4.44. The van der Waals surface area contributed by atoms with Crippen molar-refractivity contribution in [3.63, 3.8) is 0 Å². The second kappa shape index (κ2) is 14.7. The number of hydrogen-bond acceptors (Lipinski definition) is 12. The van der Waals surface area contributed by atoms with Crippen LogP contribution in [-0.2, 0) is 18.9 Å². The van der Waals surface area contributed by atoms with Crippen molar-refractivity contribution in [3.05, 3.63) is 48.2 Å². The molecule has 2 spiro atoms. The summed E-state index contributed by atoms with van der Waals surface area (Å²) in [6.45, 7) is 9.69. The molecule has 0 saturated carbocycles. The molecule has 1 amide bonds. The highest BCUT2D eigenvalue weighted by atomic mass is 19.1. The van der Waals surface area contributed by atoms with Crippen LogP contribution >= 0.6 is 0 Å². The number of halogens is 2. The van der Waals surface area contributed by atoms with Gasteiger partial charge in [-0.15, -0.1) is 0 Å². The summed E-state index contributed by atoms with van der Waals surface area (Å²) in [6.07, 6.45) is 6.13.